The predicted octanol–water partition coefficient (Wildman–Crippen LogP) is 5.57. The van der Waals surface area contributed by atoms with Crippen LogP contribution in [0, 0.1) is 11.3 Å². The second-order valence-corrected chi connectivity index (χ2v) is 9.61. The molecule has 2 N–H and O–H groups in total. The van der Waals surface area contributed by atoms with Crippen molar-refractivity contribution in [2.75, 3.05) is 23.4 Å². The molecule has 0 radical (unpaired) electrons. The van der Waals surface area contributed by atoms with Crippen LogP contribution in [0.1, 0.15) is 33.3 Å². The van der Waals surface area contributed by atoms with Gasteiger partial charge in [0.15, 0.2) is 0 Å². The van der Waals surface area contributed by atoms with Crippen LogP contribution in [-0.4, -0.2) is 25.1 Å². The normalized spacial score (nSPS) is 15.1. The molecule has 6 heteroatoms. The summed E-state index contributed by atoms with van der Waals surface area (Å²) in [5.74, 6) is 0.958. The number of benzene rings is 3. The summed E-state index contributed by atoms with van der Waals surface area (Å²) in [6.45, 7) is 9.25. The Morgan fingerprint density at radius 1 is 1.09 bits per heavy atom. The van der Waals surface area contributed by atoms with E-state index >= 15 is 0 Å². The molecule has 3 amide bonds. The van der Waals surface area contributed by atoms with Crippen molar-refractivity contribution >= 4 is 34.1 Å². The van der Waals surface area contributed by atoms with E-state index in [4.69, 9.17) is 4.74 Å². The average molecular weight is 446 g/mol. The summed E-state index contributed by atoms with van der Waals surface area (Å²) in [6, 6.07) is 19.3. The molecule has 6 nitrogen and oxygen atoms in total. The number of ether oxygens (including phenoxy) is 1. The van der Waals surface area contributed by atoms with E-state index in [1.807, 2.05) is 50.2 Å². The summed E-state index contributed by atoms with van der Waals surface area (Å²) in [5.41, 5.74) is 1.71. The Kier molecular flexibility index (Phi) is 6.27. The van der Waals surface area contributed by atoms with Crippen LogP contribution in [0.4, 0.5) is 16.2 Å². The summed E-state index contributed by atoms with van der Waals surface area (Å²) in [7, 11) is 0. The summed E-state index contributed by atoms with van der Waals surface area (Å²) >= 11 is 0. The molecule has 172 valence electrons. The minimum Gasteiger partial charge on any atom is -0.490 e. The molecule has 3 aromatic rings. The maximum absolute atomic E-state index is 13.2. The standard InChI is InChI=1S/C27H31N3O3/c1-18(2)16-30-23-14-21(12-13-24(23)33-17-27(3,4)25(30)31)29-26(32)28-15-20-10-7-9-19-8-5-6-11-22(19)20/h5-14,18H,15-17H2,1-4H3,(H2,28,29,32). The number of nitrogens with zero attached hydrogens (tertiary/aromatic N) is 1. The number of rotatable bonds is 5. The molecule has 0 unspecified atom stereocenters. The van der Waals surface area contributed by atoms with Gasteiger partial charge < -0.3 is 20.3 Å². The second kappa shape index (κ2) is 9.14. The Morgan fingerprint density at radius 3 is 2.64 bits per heavy atom. The van der Waals surface area contributed by atoms with E-state index in [9.17, 15) is 9.59 Å². The summed E-state index contributed by atoms with van der Waals surface area (Å²) < 4.78 is 5.96. The zero-order valence-electron chi connectivity index (χ0n) is 19.6. The highest BCUT2D eigenvalue weighted by molar-refractivity contribution is 6.00. The highest BCUT2D eigenvalue weighted by atomic mass is 16.5. The first-order valence-electron chi connectivity index (χ1n) is 11.3. The van der Waals surface area contributed by atoms with E-state index in [0.29, 0.717) is 36.8 Å². The van der Waals surface area contributed by atoms with E-state index in [1.165, 1.54) is 0 Å². The highest BCUT2D eigenvalue weighted by Crippen LogP contribution is 2.38. The number of amides is 3. The Hall–Kier alpha value is -3.54. The maximum atomic E-state index is 13.2. The van der Waals surface area contributed by atoms with Crippen molar-refractivity contribution in [3.05, 3.63) is 66.2 Å². The minimum atomic E-state index is -0.628. The van der Waals surface area contributed by atoms with Gasteiger partial charge in [0, 0.05) is 18.8 Å². The molecular weight excluding hydrogens is 414 g/mol. The SMILES string of the molecule is CC(C)CN1C(=O)C(C)(C)COc2ccc(NC(=O)NCc3cccc4ccccc34)cc21. The van der Waals surface area contributed by atoms with Crippen LogP contribution < -0.4 is 20.3 Å². The van der Waals surface area contributed by atoms with E-state index in [2.05, 4.69) is 42.7 Å². The lowest BCUT2D eigenvalue weighted by atomic mass is 9.92. The van der Waals surface area contributed by atoms with Gasteiger partial charge in [-0.1, -0.05) is 56.3 Å². The molecular formula is C27H31N3O3. The summed E-state index contributed by atoms with van der Waals surface area (Å²) in [4.78, 5) is 27.6. The lowest BCUT2D eigenvalue weighted by Crippen LogP contribution is -2.43. The highest BCUT2D eigenvalue weighted by Gasteiger charge is 2.38. The molecule has 0 bridgehead atoms. The van der Waals surface area contributed by atoms with Crippen LogP contribution in [0.3, 0.4) is 0 Å². The van der Waals surface area contributed by atoms with Crippen molar-refractivity contribution < 1.29 is 14.3 Å². The van der Waals surface area contributed by atoms with Gasteiger partial charge in [0.1, 0.15) is 12.4 Å². The van der Waals surface area contributed by atoms with Gasteiger partial charge in [-0.15, -0.1) is 0 Å². The molecule has 0 aliphatic carbocycles. The van der Waals surface area contributed by atoms with Crippen molar-refractivity contribution in [2.24, 2.45) is 11.3 Å². The Balaban J connectivity index is 1.51. The van der Waals surface area contributed by atoms with E-state index < -0.39 is 5.41 Å². The largest absolute Gasteiger partial charge is 0.490 e. The summed E-state index contributed by atoms with van der Waals surface area (Å²) in [5, 5.41) is 8.09. The molecule has 33 heavy (non-hydrogen) atoms. The number of hydrogen-bond donors (Lipinski definition) is 2. The topological polar surface area (TPSA) is 70.7 Å². The van der Waals surface area contributed by atoms with Gasteiger partial charge >= 0.3 is 6.03 Å². The van der Waals surface area contributed by atoms with Gasteiger partial charge in [-0.3, -0.25) is 4.79 Å². The molecule has 3 aromatic carbocycles. The number of urea groups is 1. The van der Waals surface area contributed by atoms with Crippen molar-refractivity contribution in [2.45, 2.75) is 34.2 Å². The Morgan fingerprint density at radius 2 is 1.85 bits per heavy atom. The van der Waals surface area contributed by atoms with Gasteiger partial charge in [-0.2, -0.15) is 0 Å². The Labute approximate surface area is 194 Å². The summed E-state index contributed by atoms with van der Waals surface area (Å²) in [6.07, 6.45) is 0. The number of fused-ring (bicyclic) bond motifs is 2. The van der Waals surface area contributed by atoms with Gasteiger partial charge in [-0.05, 0) is 54.3 Å². The van der Waals surface area contributed by atoms with Gasteiger partial charge in [-0.25, -0.2) is 4.79 Å². The van der Waals surface area contributed by atoms with Gasteiger partial charge in [0.25, 0.3) is 0 Å². The zero-order chi connectivity index (χ0) is 23.6. The molecule has 0 aromatic heterocycles. The molecule has 1 aliphatic rings. The van der Waals surface area contributed by atoms with Gasteiger partial charge in [0.05, 0.1) is 11.1 Å². The molecule has 4 rings (SSSR count). The number of nitrogens with one attached hydrogen (secondary N) is 2. The predicted molar refractivity (Wildman–Crippen MR) is 133 cm³/mol. The van der Waals surface area contributed by atoms with Crippen molar-refractivity contribution in [3.8, 4) is 5.75 Å². The average Bonchev–Trinajstić information content (AvgIpc) is 2.87. The number of hydrogen-bond acceptors (Lipinski definition) is 3. The maximum Gasteiger partial charge on any atom is 0.319 e. The molecule has 1 heterocycles. The minimum absolute atomic E-state index is 0.0208. The van der Waals surface area contributed by atoms with E-state index in [1.54, 1.807) is 11.0 Å². The fourth-order valence-electron chi connectivity index (χ4n) is 4.07. The fourth-order valence-corrected chi connectivity index (χ4v) is 4.07. The van der Waals surface area contributed by atoms with E-state index in [0.717, 1.165) is 16.3 Å². The third kappa shape index (κ3) is 4.95. The lowest BCUT2D eigenvalue weighted by Gasteiger charge is -2.29. The molecule has 1 aliphatic heterocycles. The first-order valence-corrected chi connectivity index (χ1v) is 11.3. The molecule has 0 atom stereocenters. The zero-order valence-corrected chi connectivity index (χ0v) is 19.6. The second-order valence-electron chi connectivity index (χ2n) is 9.61. The number of anilines is 2. The van der Waals surface area contributed by atoms with Crippen LogP contribution in [0.15, 0.2) is 60.7 Å². The molecule has 0 spiro atoms. The van der Waals surface area contributed by atoms with Crippen LogP contribution in [0.25, 0.3) is 10.8 Å². The van der Waals surface area contributed by atoms with Crippen molar-refractivity contribution in [3.63, 3.8) is 0 Å². The lowest BCUT2D eigenvalue weighted by molar-refractivity contribution is -0.127. The quantitative estimate of drug-likeness (QED) is 0.539. The van der Waals surface area contributed by atoms with Crippen LogP contribution >= 0.6 is 0 Å². The van der Waals surface area contributed by atoms with Crippen LogP contribution in [0.5, 0.6) is 5.75 Å². The third-order valence-electron chi connectivity index (χ3n) is 5.79. The third-order valence-corrected chi connectivity index (χ3v) is 5.79. The molecule has 0 saturated carbocycles. The first kappa shape index (κ1) is 22.6. The number of carbonyl (C=O) groups excluding carboxylic acids is 2. The monoisotopic (exact) mass is 445 g/mol. The van der Waals surface area contributed by atoms with Crippen molar-refractivity contribution in [1.82, 2.24) is 5.32 Å². The smallest absolute Gasteiger partial charge is 0.319 e. The fraction of sp³-hybridized carbons (Fsp3) is 0.333. The van der Waals surface area contributed by atoms with Crippen LogP contribution in [-0.2, 0) is 11.3 Å². The molecule has 0 fully saturated rings. The van der Waals surface area contributed by atoms with Crippen molar-refractivity contribution in [1.29, 1.82) is 0 Å². The Bertz CT molecular complexity index is 1180. The number of carbonyl (C=O) groups is 2. The van der Waals surface area contributed by atoms with E-state index in [-0.39, 0.29) is 17.9 Å². The molecule has 0 saturated heterocycles. The van der Waals surface area contributed by atoms with Gasteiger partial charge in [0.2, 0.25) is 5.91 Å². The first-order chi connectivity index (χ1) is 15.7. The van der Waals surface area contributed by atoms with Crippen LogP contribution in [0.2, 0.25) is 0 Å².